The fraction of sp³-hybridized carbons (Fsp3) is 0.380. The molecule has 594 valence electrons. The molecule has 14 rings (SSSR count). The van der Waals surface area contributed by atoms with E-state index in [1.54, 1.807) is 36.4 Å². The molecule has 1 unspecified atom stereocenters. The van der Waals surface area contributed by atoms with E-state index in [-0.39, 0.29) is 135 Å². The number of hydrogen-bond donors (Lipinski definition) is 7. The third kappa shape index (κ3) is 31.2. The van der Waals surface area contributed by atoms with E-state index in [9.17, 15) is 71.0 Å². The fourth-order valence-electron chi connectivity index (χ4n) is 11.7. The summed E-state index contributed by atoms with van der Waals surface area (Å²) in [6.45, 7) is 4.93. The van der Waals surface area contributed by atoms with Crippen LogP contribution in [0.1, 0.15) is 100 Å². The van der Waals surface area contributed by atoms with Gasteiger partial charge < -0.3 is 87.6 Å². The number of halogens is 7. The Balaban J connectivity index is 0.000000652. The Morgan fingerprint density at radius 3 is 0.796 bits per heavy atom. The Morgan fingerprint density at radius 1 is 0.389 bits per heavy atom. The molecule has 0 fully saturated rings. The van der Waals surface area contributed by atoms with Gasteiger partial charge in [-0.3, -0.25) is 4.79 Å². The van der Waals surface area contributed by atoms with Crippen molar-refractivity contribution in [3.8, 4) is 64.5 Å². The van der Waals surface area contributed by atoms with Gasteiger partial charge in [0.1, 0.15) is 130 Å². The topological polar surface area (TPSA) is 416 Å². The number of carbonyl (C=O) groups is 2. The molecule has 34 heteroatoms. The van der Waals surface area contributed by atoms with Crippen LogP contribution in [0.3, 0.4) is 0 Å². The van der Waals surface area contributed by atoms with Crippen LogP contribution in [0.4, 0.5) is 30.7 Å². The normalized spacial score (nSPS) is 19.4. The van der Waals surface area contributed by atoms with Crippen molar-refractivity contribution in [2.45, 2.75) is 184 Å². The number of nitrogens with zero attached hydrogens (tertiary/aromatic N) is 5. The maximum atomic E-state index is 12.9. The molecule has 7 aromatic carbocycles. The summed E-state index contributed by atoms with van der Waals surface area (Å²) in [6, 6.07) is 37.0. The van der Waals surface area contributed by atoms with Gasteiger partial charge in [0.25, 0.3) is 0 Å². The number of fused-ring (bicyclic) bond motifs is 7. The molecule has 0 spiro atoms. The Bertz CT molecular complexity index is 4230. The summed E-state index contributed by atoms with van der Waals surface area (Å²) in [5.41, 5.74) is 11.0. The van der Waals surface area contributed by atoms with Crippen molar-refractivity contribution in [1.29, 1.82) is 26.3 Å². The van der Waals surface area contributed by atoms with Crippen LogP contribution in [0, 0.1) is 97.9 Å². The molecule has 7 heterocycles. The quantitative estimate of drug-likeness (QED) is 0.0356. The molecular weight excluding hydrogens is 1530 g/mol. The number of rotatable bonds is 9. The van der Waals surface area contributed by atoms with Gasteiger partial charge in [0.15, 0.2) is 43.1 Å². The number of aliphatic hydroxyl groups excluding tert-OH is 6. The van der Waals surface area contributed by atoms with Crippen LogP contribution >= 0.6 is 0 Å². The maximum absolute atomic E-state index is 12.9. The van der Waals surface area contributed by atoms with Crippen molar-refractivity contribution in [2.75, 3.05) is 6.54 Å². The molecule has 7 aromatic rings. The van der Waals surface area contributed by atoms with Crippen LogP contribution in [0.2, 0.25) is 0 Å². The second kappa shape index (κ2) is 50.8. The van der Waals surface area contributed by atoms with E-state index in [1.165, 1.54) is 115 Å². The number of aldehydes is 2. The predicted molar refractivity (Wildman–Crippen MR) is 383 cm³/mol. The molecule has 13 atom stereocenters. The predicted octanol–water partition coefficient (Wildman–Crippen LogP) is 3.74. The summed E-state index contributed by atoms with van der Waals surface area (Å²) >= 11 is 0. The molecule has 113 heavy (non-hydrogen) atoms. The van der Waals surface area contributed by atoms with Gasteiger partial charge in [-0.15, -0.1) is 12.6 Å². The molecule has 0 amide bonds. The molecule has 7 aliphatic heterocycles. The SMILES string of the molecule is C.C.N#C[C@@H](O)[C@@H]1CCc2cc(F)ccc2O1.N#C[C@@H](O)[C@@H]1CCc2cc(F)ccc2O1.N#C[C@@H](O)[C@H]1CCc2cc(F)ccc2O1.N#C[C@@H](O)[C@H]1CCc2cc(F)ccc2O1.NC[C@@H](O)[C@H]1CCc2cc(F)ccc2O1.O=CC1CCc2cc(F)ccc2O1.O=C[C@@H](O)[C@@H]1CCc2cc(F)ccc2O1.O=S(=O)=O.[C-]#N.[H-].[Na+].[Na+]. The van der Waals surface area contributed by atoms with Crippen molar-refractivity contribution in [1.82, 2.24) is 0 Å². The van der Waals surface area contributed by atoms with Gasteiger partial charge in [-0.2, -0.15) is 21.0 Å². The van der Waals surface area contributed by atoms with E-state index in [1.807, 2.05) is 0 Å². The third-order valence-electron chi connectivity index (χ3n) is 17.3. The van der Waals surface area contributed by atoms with Gasteiger partial charge in [0.05, 0.1) is 24.3 Å². The summed E-state index contributed by atoms with van der Waals surface area (Å²) in [7, 11) is -3.11. The largest absolute Gasteiger partial charge is 1.00 e. The fourth-order valence-corrected chi connectivity index (χ4v) is 11.7. The first-order valence-electron chi connectivity index (χ1n) is 33.7. The average Bonchev–Trinajstić information content (AvgIpc) is 0.852. The van der Waals surface area contributed by atoms with E-state index < -0.39 is 77.8 Å². The minimum Gasteiger partial charge on any atom is -1.00 e. The first-order valence-corrected chi connectivity index (χ1v) is 34.7. The van der Waals surface area contributed by atoms with Gasteiger partial charge in [-0.25, -0.2) is 30.7 Å². The molecular formula is C79H83F7N6Na2O18S. The summed E-state index contributed by atoms with van der Waals surface area (Å²) in [6.07, 6.45) is 0.314. The number of aliphatic hydroxyl groups is 6. The van der Waals surface area contributed by atoms with Crippen molar-refractivity contribution in [2.24, 2.45) is 5.73 Å². The van der Waals surface area contributed by atoms with Gasteiger partial charge >= 0.3 is 69.7 Å². The second-order valence-corrected chi connectivity index (χ2v) is 25.1. The van der Waals surface area contributed by atoms with Crippen LogP contribution in [0.5, 0.6) is 40.2 Å². The standard InChI is InChI=1S/C11H14FNO2.4C11H10FNO2.C11H11FO3.C10H9FO2.CN.2CH4.2Na.O3S.H/c6*12-8-2-4-10-7(5-8)1-3-11(15-10)9(14)6-13;11-8-2-4-10-7(5-8)1-3-9(6-12)13-10;1-2;;;;;1-4(2)3;/h2,4-5,9,11,14H,1,3,6,13H2;4*2,4-5,9,11,14H,1,3H2;2,4-6,9,11,14H,1,3H2;2,4-6,9H,1,3H2;;2*1H4;;;;/q;;;;;;;-1;;;2*+1;;-1/t9-,11-;2*9-,11+;2*9-,11-;9-,11+;;;;;;;;/m111111......../s1. The van der Waals surface area contributed by atoms with Crippen molar-refractivity contribution >= 4 is 23.2 Å². The van der Waals surface area contributed by atoms with Crippen LogP contribution in [-0.2, 0) is 65.1 Å². The zero-order chi connectivity index (χ0) is 79.9. The van der Waals surface area contributed by atoms with Crippen molar-refractivity contribution < 1.29 is 177 Å². The summed E-state index contributed by atoms with van der Waals surface area (Å²) in [4.78, 5) is 20.8. The molecule has 0 bridgehead atoms. The number of carbonyl (C=O) groups excluding carboxylic acids is 2. The number of aryl methyl sites for hydroxylation is 7. The molecule has 0 saturated heterocycles. The van der Waals surface area contributed by atoms with E-state index in [4.69, 9.17) is 84.4 Å². The van der Waals surface area contributed by atoms with Crippen LogP contribution in [0.25, 0.3) is 0 Å². The van der Waals surface area contributed by atoms with E-state index in [0.29, 0.717) is 130 Å². The van der Waals surface area contributed by atoms with Gasteiger partial charge in [0, 0.05) is 6.54 Å². The minimum absolute atomic E-state index is 0. The van der Waals surface area contributed by atoms with Crippen molar-refractivity contribution in [3.63, 3.8) is 0 Å². The average molecular weight is 1620 g/mol. The van der Waals surface area contributed by atoms with Crippen LogP contribution in [-0.4, -0.2) is 142 Å². The second-order valence-electron chi connectivity index (χ2n) is 24.7. The molecule has 0 saturated carbocycles. The van der Waals surface area contributed by atoms with E-state index in [2.05, 4.69) is 0 Å². The van der Waals surface area contributed by atoms with Crippen LogP contribution < -0.4 is 98.0 Å². The minimum atomic E-state index is -3.11. The molecule has 0 aliphatic carbocycles. The Morgan fingerprint density at radius 2 is 0.584 bits per heavy atom. The van der Waals surface area contributed by atoms with E-state index in [0.717, 1.165) is 51.7 Å². The molecule has 7 aliphatic rings. The van der Waals surface area contributed by atoms with E-state index >= 15 is 0 Å². The third-order valence-corrected chi connectivity index (χ3v) is 17.3. The monoisotopic (exact) mass is 1610 g/mol. The van der Waals surface area contributed by atoms with Crippen molar-refractivity contribution in [3.05, 3.63) is 214 Å². The van der Waals surface area contributed by atoms with Gasteiger partial charge in [-0.1, -0.05) is 14.9 Å². The summed E-state index contributed by atoms with van der Waals surface area (Å²) in [5.74, 6) is 2.07. The number of hydrogen-bond acceptors (Lipinski definition) is 24. The number of benzene rings is 7. The molecule has 24 nitrogen and oxygen atoms in total. The summed E-state index contributed by atoms with van der Waals surface area (Å²) in [5, 5.41) is 96.5. The number of nitrogens with two attached hydrogens (primary N) is 1. The first kappa shape index (κ1) is 99.9. The van der Waals surface area contributed by atoms with Gasteiger partial charge in [0.2, 0.25) is 0 Å². The Kier molecular flexibility index (Phi) is 44.9. The molecule has 8 N–H and O–H groups in total. The summed E-state index contributed by atoms with van der Waals surface area (Å²) < 4.78 is 153. The number of nitriles is 4. The zero-order valence-corrected chi connectivity index (χ0v) is 64.7. The smallest absolute Gasteiger partial charge is 1.00 e. The first-order chi connectivity index (χ1) is 52.2. The molecule has 0 radical (unpaired) electrons. The Labute approximate surface area is 696 Å². The van der Waals surface area contributed by atoms with Gasteiger partial charge in [-0.05, 0) is 256 Å². The number of ether oxygens (including phenoxy) is 7. The maximum Gasteiger partial charge on any atom is 1.00 e. The Hall–Kier alpha value is -9.22. The zero-order valence-electron chi connectivity index (χ0n) is 60.8. The molecule has 0 aromatic heterocycles. The van der Waals surface area contributed by atoms with Crippen LogP contribution in [0.15, 0.2) is 127 Å².